The minimum atomic E-state index is 0.0650. The van der Waals surface area contributed by atoms with Crippen molar-refractivity contribution in [3.8, 4) is 0 Å². The third-order valence-electron chi connectivity index (χ3n) is 2.56. The molecule has 0 bridgehead atoms. The quantitative estimate of drug-likeness (QED) is 0.699. The van der Waals surface area contributed by atoms with Gasteiger partial charge in [0, 0.05) is 11.5 Å². The molecule has 0 saturated heterocycles. The van der Waals surface area contributed by atoms with Gasteiger partial charge in [0.1, 0.15) is 0 Å². The predicted molar refractivity (Wildman–Crippen MR) is 64.6 cm³/mol. The van der Waals surface area contributed by atoms with Gasteiger partial charge in [0.05, 0.1) is 5.02 Å². The van der Waals surface area contributed by atoms with E-state index in [-0.39, 0.29) is 11.7 Å². The first kappa shape index (κ1) is 12.3. The molecule has 0 heterocycles. The highest BCUT2D eigenvalue weighted by atomic mass is 35.5. The molecule has 1 atom stereocenters. The molecule has 1 rings (SSSR count). The van der Waals surface area contributed by atoms with Gasteiger partial charge in [-0.3, -0.25) is 4.79 Å². The van der Waals surface area contributed by atoms with E-state index in [1.165, 1.54) is 0 Å². The van der Waals surface area contributed by atoms with Crippen molar-refractivity contribution >= 4 is 17.4 Å². The summed E-state index contributed by atoms with van der Waals surface area (Å²) in [5.41, 5.74) is 1.74. The molecule has 1 nitrogen and oxygen atoms in total. The number of Topliss-reactive ketones (excluding diaryl/α,β-unsaturated/α-hetero) is 1. The van der Waals surface area contributed by atoms with Crippen LogP contribution in [0.15, 0.2) is 18.2 Å². The van der Waals surface area contributed by atoms with Gasteiger partial charge >= 0.3 is 0 Å². The Hall–Kier alpha value is -0.820. The van der Waals surface area contributed by atoms with Crippen molar-refractivity contribution in [2.75, 3.05) is 0 Å². The molecule has 1 aromatic carbocycles. The van der Waals surface area contributed by atoms with Crippen molar-refractivity contribution in [2.45, 2.75) is 33.6 Å². The first-order valence-electron chi connectivity index (χ1n) is 5.36. The summed E-state index contributed by atoms with van der Waals surface area (Å²) in [4.78, 5) is 12.0. The van der Waals surface area contributed by atoms with E-state index in [0.29, 0.717) is 10.6 Å². The van der Waals surface area contributed by atoms with Gasteiger partial charge in [0.2, 0.25) is 0 Å². The number of carbonyl (C=O) groups excluding carboxylic acids is 1. The lowest BCUT2D eigenvalue weighted by atomic mass is 9.95. The smallest absolute Gasteiger partial charge is 0.167 e. The van der Waals surface area contributed by atoms with E-state index >= 15 is 0 Å². The van der Waals surface area contributed by atoms with Gasteiger partial charge in [0.15, 0.2) is 5.78 Å². The van der Waals surface area contributed by atoms with Crippen molar-refractivity contribution in [2.24, 2.45) is 5.92 Å². The molecular formula is C13H17ClO. The van der Waals surface area contributed by atoms with Crippen LogP contribution in [0.1, 0.15) is 42.6 Å². The van der Waals surface area contributed by atoms with Gasteiger partial charge in [-0.05, 0) is 31.0 Å². The lowest BCUT2D eigenvalue weighted by Gasteiger charge is -2.10. The SMILES string of the molecule is CCCC(C)C(=O)c1ccc(C)cc1Cl. The van der Waals surface area contributed by atoms with Crippen LogP contribution in [0.4, 0.5) is 0 Å². The van der Waals surface area contributed by atoms with Crippen LogP contribution in [0.2, 0.25) is 5.02 Å². The maximum absolute atomic E-state index is 12.0. The number of ketones is 1. The summed E-state index contributed by atoms with van der Waals surface area (Å²) in [6.07, 6.45) is 1.94. The average molecular weight is 225 g/mol. The molecule has 0 spiro atoms. The number of hydrogen-bond acceptors (Lipinski definition) is 1. The Morgan fingerprint density at radius 1 is 1.47 bits per heavy atom. The lowest BCUT2D eigenvalue weighted by Crippen LogP contribution is -2.11. The van der Waals surface area contributed by atoms with Crippen LogP contribution in [0, 0.1) is 12.8 Å². The van der Waals surface area contributed by atoms with E-state index in [1.807, 2.05) is 32.0 Å². The highest BCUT2D eigenvalue weighted by molar-refractivity contribution is 6.34. The van der Waals surface area contributed by atoms with E-state index in [2.05, 4.69) is 6.92 Å². The van der Waals surface area contributed by atoms with Crippen LogP contribution in [0.3, 0.4) is 0 Å². The Bertz CT molecular complexity index is 358. The monoisotopic (exact) mass is 224 g/mol. The summed E-state index contributed by atoms with van der Waals surface area (Å²) in [7, 11) is 0. The third kappa shape index (κ3) is 3.07. The van der Waals surface area contributed by atoms with Gasteiger partial charge < -0.3 is 0 Å². The largest absolute Gasteiger partial charge is 0.294 e. The molecule has 0 radical (unpaired) electrons. The Kier molecular flexibility index (Phi) is 4.34. The molecule has 0 aliphatic heterocycles. The van der Waals surface area contributed by atoms with Crippen molar-refractivity contribution in [1.82, 2.24) is 0 Å². The summed E-state index contributed by atoms with van der Waals surface area (Å²) >= 11 is 6.05. The van der Waals surface area contributed by atoms with Gasteiger partial charge in [-0.15, -0.1) is 0 Å². The number of rotatable bonds is 4. The molecule has 0 aliphatic carbocycles. The number of carbonyl (C=O) groups is 1. The van der Waals surface area contributed by atoms with Crippen molar-refractivity contribution < 1.29 is 4.79 Å². The molecule has 82 valence electrons. The molecule has 1 unspecified atom stereocenters. The predicted octanol–water partition coefficient (Wildman–Crippen LogP) is 4.27. The second kappa shape index (κ2) is 5.32. The number of benzene rings is 1. The van der Waals surface area contributed by atoms with E-state index in [1.54, 1.807) is 0 Å². The fraction of sp³-hybridized carbons (Fsp3) is 0.462. The minimum absolute atomic E-state index is 0.0650. The lowest BCUT2D eigenvalue weighted by molar-refractivity contribution is 0.0924. The first-order valence-corrected chi connectivity index (χ1v) is 5.74. The fourth-order valence-corrected chi connectivity index (χ4v) is 1.98. The van der Waals surface area contributed by atoms with E-state index in [0.717, 1.165) is 18.4 Å². The topological polar surface area (TPSA) is 17.1 Å². The van der Waals surface area contributed by atoms with E-state index < -0.39 is 0 Å². The maximum Gasteiger partial charge on any atom is 0.167 e. The highest BCUT2D eigenvalue weighted by Gasteiger charge is 2.16. The van der Waals surface area contributed by atoms with Crippen LogP contribution < -0.4 is 0 Å². The molecule has 0 aliphatic rings. The second-order valence-corrected chi connectivity index (χ2v) is 4.44. The zero-order valence-electron chi connectivity index (χ0n) is 9.51. The molecule has 0 amide bonds. The zero-order valence-corrected chi connectivity index (χ0v) is 10.3. The van der Waals surface area contributed by atoms with Crippen LogP contribution in [-0.2, 0) is 0 Å². The number of halogens is 1. The highest BCUT2D eigenvalue weighted by Crippen LogP contribution is 2.22. The molecule has 15 heavy (non-hydrogen) atoms. The Morgan fingerprint density at radius 2 is 2.13 bits per heavy atom. The summed E-state index contributed by atoms with van der Waals surface area (Å²) in [5, 5.41) is 0.572. The third-order valence-corrected chi connectivity index (χ3v) is 2.87. The van der Waals surface area contributed by atoms with Crippen LogP contribution in [0.25, 0.3) is 0 Å². The summed E-state index contributed by atoms with van der Waals surface area (Å²) in [5.74, 6) is 0.219. The Morgan fingerprint density at radius 3 is 2.67 bits per heavy atom. The summed E-state index contributed by atoms with van der Waals surface area (Å²) in [6, 6.07) is 5.59. The number of aryl methyl sites for hydroxylation is 1. The van der Waals surface area contributed by atoms with Crippen LogP contribution in [0.5, 0.6) is 0 Å². The van der Waals surface area contributed by atoms with Crippen LogP contribution in [-0.4, -0.2) is 5.78 Å². The molecule has 0 aromatic heterocycles. The Labute approximate surface area is 96.5 Å². The van der Waals surface area contributed by atoms with Gasteiger partial charge in [-0.1, -0.05) is 37.9 Å². The normalized spacial score (nSPS) is 12.5. The molecular weight excluding hydrogens is 208 g/mol. The minimum Gasteiger partial charge on any atom is -0.294 e. The van der Waals surface area contributed by atoms with E-state index in [4.69, 9.17) is 11.6 Å². The Balaban J connectivity index is 2.91. The number of hydrogen-bond donors (Lipinski definition) is 0. The van der Waals surface area contributed by atoms with Crippen molar-refractivity contribution in [3.63, 3.8) is 0 Å². The van der Waals surface area contributed by atoms with Gasteiger partial charge in [0.25, 0.3) is 0 Å². The zero-order chi connectivity index (χ0) is 11.4. The fourth-order valence-electron chi connectivity index (χ4n) is 1.65. The van der Waals surface area contributed by atoms with E-state index in [9.17, 15) is 4.79 Å². The molecule has 0 fully saturated rings. The average Bonchev–Trinajstić information content (AvgIpc) is 2.17. The van der Waals surface area contributed by atoms with Gasteiger partial charge in [-0.25, -0.2) is 0 Å². The van der Waals surface area contributed by atoms with Crippen molar-refractivity contribution in [1.29, 1.82) is 0 Å². The van der Waals surface area contributed by atoms with Crippen LogP contribution >= 0.6 is 11.6 Å². The standard InChI is InChI=1S/C13H17ClO/c1-4-5-10(3)13(15)11-7-6-9(2)8-12(11)14/h6-8,10H,4-5H2,1-3H3. The molecule has 2 heteroatoms. The second-order valence-electron chi connectivity index (χ2n) is 4.04. The molecule has 0 saturated carbocycles. The summed E-state index contributed by atoms with van der Waals surface area (Å²) in [6.45, 7) is 6.01. The molecule has 0 N–H and O–H groups in total. The summed E-state index contributed by atoms with van der Waals surface area (Å²) < 4.78 is 0. The maximum atomic E-state index is 12.0. The van der Waals surface area contributed by atoms with Crippen molar-refractivity contribution in [3.05, 3.63) is 34.3 Å². The first-order chi connectivity index (χ1) is 7.06. The molecule has 1 aromatic rings. The van der Waals surface area contributed by atoms with Gasteiger partial charge in [-0.2, -0.15) is 0 Å².